The van der Waals surface area contributed by atoms with E-state index in [0.717, 1.165) is 11.6 Å². The lowest BCUT2D eigenvalue weighted by molar-refractivity contribution is -0.137. The summed E-state index contributed by atoms with van der Waals surface area (Å²) >= 11 is 0. The summed E-state index contributed by atoms with van der Waals surface area (Å²) < 4.78 is 37.8. The first-order valence-electron chi connectivity index (χ1n) is 5.67. The maximum atomic E-state index is 12.6. The molecule has 0 aliphatic carbocycles. The van der Waals surface area contributed by atoms with Crippen LogP contribution in [-0.4, -0.2) is 10.1 Å². The van der Waals surface area contributed by atoms with Gasteiger partial charge in [-0.15, -0.1) is 0 Å². The number of aromatic hydroxyl groups is 1. The summed E-state index contributed by atoms with van der Waals surface area (Å²) in [6, 6.07) is 5.59. The maximum absolute atomic E-state index is 12.6. The van der Waals surface area contributed by atoms with Crippen molar-refractivity contribution in [3.05, 3.63) is 41.6 Å². The van der Waals surface area contributed by atoms with Gasteiger partial charge in [0.15, 0.2) is 0 Å². The zero-order valence-electron chi connectivity index (χ0n) is 10.5. The Bertz CT molecular complexity index is 641. The van der Waals surface area contributed by atoms with Crippen LogP contribution in [0.1, 0.15) is 11.1 Å². The minimum absolute atomic E-state index is 0.0148. The number of nitrogens with zero attached hydrogens (tertiary/aromatic N) is 1. The number of nitrogen functional groups attached to an aromatic ring is 1. The Balaban J connectivity index is 2.38. The second-order valence-corrected chi connectivity index (χ2v) is 4.30. The van der Waals surface area contributed by atoms with E-state index in [9.17, 15) is 18.3 Å². The van der Waals surface area contributed by atoms with Crippen molar-refractivity contribution in [2.75, 3.05) is 11.1 Å². The van der Waals surface area contributed by atoms with E-state index in [1.165, 1.54) is 6.07 Å². The first-order valence-corrected chi connectivity index (χ1v) is 5.67. The third-order valence-electron chi connectivity index (χ3n) is 2.67. The molecule has 20 heavy (non-hydrogen) atoms. The summed E-state index contributed by atoms with van der Waals surface area (Å²) in [7, 11) is 0. The molecule has 0 bridgehead atoms. The summed E-state index contributed by atoms with van der Waals surface area (Å²) in [5, 5.41) is 12.4. The molecule has 0 atom stereocenters. The summed E-state index contributed by atoms with van der Waals surface area (Å²) in [5.41, 5.74) is 5.68. The number of aryl methyl sites for hydroxylation is 1. The molecule has 0 saturated heterocycles. The molecule has 106 valence electrons. The summed E-state index contributed by atoms with van der Waals surface area (Å²) in [4.78, 5) is 3.50. The van der Waals surface area contributed by atoms with Gasteiger partial charge in [-0.3, -0.25) is 0 Å². The Morgan fingerprint density at radius 1 is 1.20 bits per heavy atom. The van der Waals surface area contributed by atoms with Gasteiger partial charge in [0.25, 0.3) is 0 Å². The smallest absolute Gasteiger partial charge is 0.417 e. The van der Waals surface area contributed by atoms with Crippen LogP contribution in [0.25, 0.3) is 0 Å². The Kier molecular flexibility index (Phi) is 3.44. The Morgan fingerprint density at radius 3 is 2.50 bits per heavy atom. The highest BCUT2D eigenvalue weighted by molar-refractivity contribution is 5.73. The SMILES string of the molecule is Cc1ccc(Nc2cc(C(F)(F)F)cnc2N)c(O)c1. The second kappa shape index (κ2) is 4.92. The number of aromatic nitrogens is 1. The van der Waals surface area contributed by atoms with Crippen LogP contribution in [0.5, 0.6) is 5.75 Å². The van der Waals surface area contributed by atoms with E-state index in [1.54, 1.807) is 19.1 Å². The molecule has 0 unspecified atom stereocenters. The van der Waals surface area contributed by atoms with Crippen molar-refractivity contribution in [2.24, 2.45) is 0 Å². The van der Waals surface area contributed by atoms with Gasteiger partial charge in [0.1, 0.15) is 11.6 Å². The van der Waals surface area contributed by atoms with Crippen LogP contribution in [0.3, 0.4) is 0 Å². The molecule has 0 aliphatic heterocycles. The van der Waals surface area contributed by atoms with Crippen molar-refractivity contribution in [3.63, 3.8) is 0 Å². The van der Waals surface area contributed by atoms with Crippen molar-refractivity contribution in [1.29, 1.82) is 0 Å². The number of anilines is 3. The number of pyridine rings is 1. The molecule has 0 amide bonds. The normalized spacial score (nSPS) is 11.4. The molecule has 4 nitrogen and oxygen atoms in total. The van der Waals surface area contributed by atoms with E-state index in [0.29, 0.717) is 6.20 Å². The van der Waals surface area contributed by atoms with Crippen LogP contribution in [-0.2, 0) is 6.18 Å². The number of nitrogens with two attached hydrogens (primary N) is 1. The zero-order chi connectivity index (χ0) is 14.9. The first kappa shape index (κ1) is 14.0. The highest BCUT2D eigenvalue weighted by Gasteiger charge is 2.31. The van der Waals surface area contributed by atoms with Gasteiger partial charge in [-0.25, -0.2) is 4.98 Å². The average Bonchev–Trinajstić information content (AvgIpc) is 2.33. The van der Waals surface area contributed by atoms with Gasteiger partial charge in [-0.1, -0.05) is 6.07 Å². The van der Waals surface area contributed by atoms with E-state index in [1.807, 2.05) is 0 Å². The molecular weight excluding hydrogens is 271 g/mol. The molecule has 0 spiro atoms. The fourth-order valence-electron chi connectivity index (χ4n) is 1.62. The van der Waals surface area contributed by atoms with Crippen molar-refractivity contribution >= 4 is 17.2 Å². The van der Waals surface area contributed by atoms with E-state index in [4.69, 9.17) is 5.73 Å². The van der Waals surface area contributed by atoms with E-state index >= 15 is 0 Å². The van der Waals surface area contributed by atoms with Gasteiger partial charge in [-0.05, 0) is 30.7 Å². The number of hydrogen-bond acceptors (Lipinski definition) is 4. The minimum atomic E-state index is -4.51. The monoisotopic (exact) mass is 283 g/mol. The van der Waals surface area contributed by atoms with Crippen LogP contribution in [0.15, 0.2) is 30.5 Å². The predicted octanol–water partition coefficient (Wildman–Crippen LogP) is 3.44. The van der Waals surface area contributed by atoms with Crippen molar-refractivity contribution in [3.8, 4) is 5.75 Å². The lowest BCUT2D eigenvalue weighted by atomic mass is 10.2. The summed E-state index contributed by atoms with van der Waals surface area (Å²) in [6.07, 6.45) is -3.85. The molecule has 0 saturated carbocycles. The molecule has 0 radical (unpaired) electrons. The predicted molar refractivity (Wildman–Crippen MR) is 69.8 cm³/mol. The number of phenolic OH excluding ortho intramolecular Hbond substituents is 1. The van der Waals surface area contributed by atoms with Crippen LogP contribution < -0.4 is 11.1 Å². The topological polar surface area (TPSA) is 71.2 Å². The fourth-order valence-corrected chi connectivity index (χ4v) is 1.62. The van der Waals surface area contributed by atoms with Crippen molar-refractivity contribution < 1.29 is 18.3 Å². The Morgan fingerprint density at radius 2 is 1.90 bits per heavy atom. The van der Waals surface area contributed by atoms with Crippen LogP contribution in [0, 0.1) is 6.92 Å². The van der Waals surface area contributed by atoms with Gasteiger partial charge in [0, 0.05) is 6.20 Å². The van der Waals surface area contributed by atoms with Crippen LogP contribution in [0.2, 0.25) is 0 Å². The highest BCUT2D eigenvalue weighted by atomic mass is 19.4. The van der Waals surface area contributed by atoms with Gasteiger partial charge in [0.05, 0.1) is 16.9 Å². The number of hydrogen-bond donors (Lipinski definition) is 3. The molecule has 0 fully saturated rings. The molecule has 7 heteroatoms. The summed E-state index contributed by atoms with van der Waals surface area (Å²) in [6.45, 7) is 1.78. The number of rotatable bonds is 2. The number of benzene rings is 1. The first-order chi connectivity index (χ1) is 9.27. The highest BCUT2D eigenvalue weighted by Crippen LogP contribution is 2.34. The largest absolute Gasteiger partial charge is 0.506 e. The van der Waals surface area contributed by atoms with E-state index in [-0.39, 0.29) is 22.9 Å². The van der Waals surface area contributed by atoms with Crippen LogP contribution >= 0.6 is 0 Å². The Hall–Kier alpha value is -2.44. The van der Waals surface area contributed by atoms with E-state index in [2.05, 4.69) is 10.3 Å². The van der Waals surface area contributed by atoms with Gasteiger partial charge < -0.3 is 16.2 Å². The molecule has 1 aromatic heterocycles. The van der Waals surface area contributed by atoms with Crippen molar-refractivity contribution in [1.82, 2.24) is 4.98 Å². The molecule has 2 aromatic rings. The van der Waals surface area contributed by atoms with Gasteiger partial charge >= 0.3 is 6.18 Å². The third kappa shape index (κ3) is 2.93. The molecule has 4 N–H and O–H groups in total. The van der Waals surface area contributed by atoms with Gasteiger partial charge in [-0.2, -0.15) is 13.2 Å². The zero-order valence-corrected chi connectivity index (χ0v) is 10.5. The number of nitrogens with one attached hydrogen (secondary N) is 1. The van der Waals surface area contributed by atoms with Crippen LogP contribution in [0.4, 0.5) is 30.4 Å². The standard InChI is InChI=1S/C13H12F3N3O/c1-7-2-3-9(11(20)4-7)19-10-5-8(13(14,15)16)6-18-12(10)17/h2-6,19-20H,1H3,(H2,17,18). The lowest BCUT2D eigenvalue weighted by Crippen LogP contribution is -2.08. The average molecular weight is 283 g/mol. The number of halogens is 3. The van der Waals surface area contributed by atoms with Gasteiger partial charge in [0.2, 0.25) is 0 Å². The lowest BCUT2D eigenvalue weighted by Gasteiger charge is -2.13. The fraction of sp³-hybridized carbons (Fsp3) is 0.154. The third-order valence-corrected chi connectivity index (χ3v) is 2.67. The number of alkyl halides is 3. The summed E-state index contributed by atoms with van der Waals surface area (Å²) in [5.74, 6) is -0.167. The quantitative estimate of drug-likeness (QED) is 0.738. The van der Waals surface area contributed by atoms with E-state index < -0.39 is 11.7 Å². The molecule has 0 aliphatic rings. The van der Waals surface area contributed by atoms with Crippen molar-refractivity contribution in [2.45, 2.75) is 13.1 Å². The molecule has 1 aromatic carbocycles. The Labute approximate surface area is 113 Å². The molecular formula is C13H12F3N3O. The number of phenols is 1. The maximum Gasteiger partial charge on any atom is 0.417 e. The minimum Gasteiger partial charge on any atom is -0.506 e. The molecule has 2 rings (SSSR count). The molecule has 1 heterocycles. The second-order valence-electron chi connectivity index (χ2n) is 4.30.